The van der Waals surface area contributed by atoms with Gasteiger partial charge < -0.3 is 5.11 Å². The van der Waals surface area contributed by atoms with Crippen LogP contribution in [0.25, 0.3) is 0 Å². The first kappa shape index (κ1) is 26.3. The van der Waals surface area contributed by atoms with Gasteiger partial charge >= 0.3 is 41.8 Å². The zero-order valence-electron chi connectivity index (χ0n) is 13.5. The van der Waals surface area contributed by atoms with Gasteiger partial charge in [0.15, 0.2) is 0 Å². The lowest BCUT2D eigenvalue weighted by molar-refractivity contribution is -0.440. The molecule has 1 atom stereocenters. The Labute approximate surface area is 148 Å². The summed E-state index contributed by atoms with van der Waals surface area (Å²) in [4.78, 5) is 10.5. The number of alkyl halides is 13. The van der Waals surface area contributed by atoms with Gasteiger partial charge in [-0.05, 0) is 12.3 Å². The molecule has 1 N–H and O–H groups in total. The molecule has 0 spiro atoms. The van der Waals surface area contributed by atoms with Crippen molar-refractivity contribution in [2.75, 3.05) is 0 Å². The molecule has 166 valence electrons. The van der Waals surface area contributed by atoms with Gasteiger partial charge in [0.25, 0.3) is 0 Å². The van der Waals surface area contributed by atoms with Crippen molar-refractivity contribution in [3.63, 3.8) is 0 Å². The molecule has 0 aromatic carbocycles. The summed E-state index contributed by atoms with van der Waals surface area (Å²) in [6.07, 6.45) is -11.3. The summed E-state index contributed by atoms with van der Waals surface area (Å²) in [5, 5.41) is 8.50. The first-order valence-electron chi connectivity index (χ1n) is 6.87. The average Bonchev–Trinajstić information content (AvgIpc) is 2.49. The summed E-state index contributed by atoms with van der Waals surface area (Å²) in [5.41, 5.74) is -0.861. The molecule has 1 unspecified atom stereocenters. The van der Waals surface area contributed by atoms with E-state index in [-0.39, 0.29) is 0 Å². The molecule has 0 saturated carbocycles. The van der Waals surface area contributed by atoms with Crippen molar-refractivity contribution >= 4 is 5.97 Å². The molecule has 0 aliphatic carbocycles. The highest BCUT2D eigenvalue weighted by Crippen LogP contribution is 2.60. The SMILES string of the molecule is C=C(C(=O)O)C(C)CCC(F)(F)C(F)(F)C(F)(F)C(F)(F)C(F)(F)C(F)(F)F. The Morgan fingerprint density at radius 2 is 1.14 bits per heavy atom. The van der Waals surface area contributed by atoms with E-state index >= 15 is 0 Å². The monoisotopic (exact) mass is 446 g/mol. The van der Waals surface area contributed by atoms with Gasteiger partial charge in [-0.1, -0.05) is 13.5 Å². The molecular formula is C13H11F13O2. The predicted octanol–water partition coefficient (Wildman–Crippen LogP) is 5.78. The van der Waals surface area contributed by atoms with Crippen LogP contribution in [0, 0.1) is 5.92 Å². The first-order chi connectivity index (χ1) is 12.0. The lowest BCUT2D eigenvalue weighted by Crippen LogP contribution is -2.70. The summed E-state index contributed by atoms with van der Waals surface area (Å²) < 4.78 is 167. The summed E-state index contributed by atoms with van der Waals surface area (Å²) in [6, 6.07) is 0. The van der Waals surface area contributed by atoms with Gasteiger partial charge in [0.2, 0.25) is 0 Å². The Morgan fingerprint density at radius 3 is 1.46 bits per heavy atom. The molecule has 0 amide bonds. The molecule has 0 aliphatic heterocycles. The summed E-state index contributed by atoms with van der Waals surface area (Å²) >= 11 is 0. The van der Waals surface area contributed by atoms with E-state index in [1.54, 1.807) is 0 Å². The minimum atomic E-state index is -7.94. The van der Waals surface area contributed by atoms with E-state index in [0.29, 0.717) is 0 Å². The summed E-state index contributed by atoms with van der Waals surface area (Å²) in [5.74, 6) is -40.5. The van der Waals surface area contributed by atoms with E-state index in [1.165, 1.54) is 0 Å². The fourth-order valence-electron chi connectivity index (χ4n) is 1.74. The molecule has 0 aromatic rings. The van der Waals surface area contributed by atoms with Crippen LogP contribution in [-0.2, 0) is 4.79 Å². The largest absolute Gasteiger partial charge is 0.478 e. The third kappa shape index (κ3) is 4.02. The predicted molar refractivity (Wildman–Crippen MR) is 66.0 cm³/mol. The summed E-state index contributed by atoms with van der Waals surface area (Å²) in [6.45, 7) is 3.64. The van der Waals surface area contributed by atoms with E-state index in [9.17, 15) is 61.9 Å². The number of carboxylic acid groups (broad SMARTS) is 1. The lowest BCUT2D eigenvalue weighted by atomic mass is 9.89. The zero-order valence-corrected chi connectivity index (χ0v) is 13.5. The maximum atomic E-state index is 13.5. The minimum absolute atomic E-state index is 0.801. The van der Waals surface area contributed by atoms with Gasteiger partial charge in [-0.3, -0.25) is 0 Å². The van der Waals surface area contributed by atoms with Gasteiger partial charge in [-0.25, -0.2) is 4.79 Å². The van der Waals surface area contributed by atoms with E-state index in [4.69, 9.17) is 5.11 Å². The Balaban J connectivity index is 5.92. The Bertz CT molecular complexity index is 606. The van der Waals surface area contributed by atoms with Crippen molar-refractivity contribution in [2.45, 2.75) is 55.6 Å². The van der Waals surface area contributed by atoms with Gasteiger partial charge in [-0.15, -0.1) is 0 Å². The van der Waals surface area contributed by atoms with E-state index < -0.39 is 66.1 Å². The normalized spacial score (nSPS) is 16.1. The van der Waals surface area contributed by atoms with Crippen LogP contribution >= 0.6 is 0 Å². The summed E-state index contributed by atoms with van der Waals surface area (Å²) in [7, 11) is 0. The van der Waals surface area contributed by atoms with Crippen LogP contribution in [0.5, 0.6) is 0 Å². The van der Waals surface area contributed by atoms with Crippen molar-refractivity contribution < 1.29 is 67.0 Å². The zero-order chi connectivity index (χ0) is 23.1. The van der Waals surface area contributed by atoms with Crippen LogP contribution < -0.4 is 0 Å². The second-order valence-corrected chi connectivity index (χ2v) is 5.77. The Hall–Kier alpha value is -1.70. The quantitative estimate of drug-likeness (QED) is 0.360. The van der Waals surface area contributed by atoms with E-state index in [1.807, 2.05) is 0 Å². The number of halogens is 13. The Kier molecular flexibility index (Phi) is 6.84. The third-order valence-electron chi connectivity index (χ3n) is 3.76. The van der Waals surface area contributed by atoms with Gasteiger partial charge in [0, 0.05) is 12.0 Å². The molecule has 0 bridgehead atoms. The van der Waals surface area contributed by atoms with Crippen LogP contribution in [-0.4, -0.2) is 46.9 Å². The van der Waals surface area contributed by atoms with Crippen LogP contribution in [0.2, 0.25) is 0 Å². The molecule has 0 aliphatic rings. The second-order valence-electron chi connectivity index (χ2n) is 5.77. The number of carboxylic acids is 1. The van der Waals surface area contributed by atoms with Crippen LogP contribution in [0.1, 0.15) is 19.8 Å². The van der Waals surface area contributed by atoms with Gasteiger partial charge in [0.1, 0.15) is 0 Å². The number of hydrogen-bond donors (Lipinski definition) is 1. The molecule has 0 aromatic heterocycles. The molecule has 0 fully saturated rings. The van der Waals surface area contributed by atoms with E-state index in [2.05, 4.69) is 6.58 Å². The second kappa shape index (κ2) is 7.28. The van der Waals surface area contributed by atoms with Crippen molar-refractivity contribution in [1.29, 1.82) is 0 Å². The fraction of sp³-hybridized carbons (Fsp3) is 0.769. The molecule has 28 heavy (non-hydrogen) atoms. The molecule has 2 nitrogen and oxygen atoms in total. The highest BCUT2D eigenvalue weighted by Gasteiger charge is 2.90. The highest BCUT2D eigenvalue weighted by atomic mass is 19.4. The number of rotatable bonds is 9. The lowest BCUT2D eigenvalue weighted by Gasteiger charge is -2.40. The maximum Gasteiger partial charge on any atom is 0.460 e. The molecule has 0 radical (unpaired) electrons. The third-order valence-corrected chi connectivity index (χ3v) is 3.76. The topological polar surface area (TPSA) is 37.3 Å². The highest BCUT2D eigenvalue weighted by molar-refractivity contribution is 5.86. The minimum Gasteiger partial charge on any atom is -0.478 e. The number of carbonyl (C=O) groups is 1. The van der Waals surface area contributed by atoms with Crippen LogP contribution in [0.4, 0.5) is 57.1 Å². The standard InChI is InChI=1S/C13H11F13O2/c1-5(6(2)7(27)28)3-4-8(14,15)9(16,17)10(18,19)11(20,21)12(22,23)13(24,25)26/h5H,2-4H2,1H3,(H,27,28). The molecule has 0 saturated heterocycles. The van der Waals surface area contributed by atoms with Crippen LogP contribution in [0.3, 0.4) is 0 Å². The fourth-order valence-corrected chi connectivity index (χ4v) is 1.74. The van der Waals surface area contributed by atoms with Crippen molar-refractivity contribution in [1.82, 2.24) is 0 Å². The smallest absolute Gasteiger partial charge is 0.460 e. The molecule has 0 heterocycles. The first-order valence-corrected chi connectivity index (χ1v) is 6.87. The van der Waals surface area contributed by atoms with Crippen LogP contribution in [0.15, 0.2) is 12.2 Å². The molecular weight excluding hydrogens is 435 g/mol. The number of hydrogen-bond acceptors (Lipinski definition) is 1. The van der Waals surface area contributed by atoms with Crippen molar-refractivity contribution in [3.8, 4) is 0 Å². The van der Waals surface area contributed by atoms with Crippen molar-refractivity contribution in [2.24, 2.45) is 5.92 Å². The van der Waals surface area contributed by atoms with Crippen molar-refractivity contribution in [3.05, 3.63) is 12.2 Å². The molecule has 15 heteroatoms. The van der Waals surface area contributed by atoms with E-state index in [0.717, 1.165) is 6.92 Å². The maximum absolute atomic E-state index is 13.5. The van der Waals surface area contributed by atoms with Gasteiger partial charge in [0.05, 0.1) is 0 Å². The molecule has 0 rings (SSSR count). The number of aliphatic carboxylic acids is 1. The van der Waals surface area contributed by atoms with Gasteiger partial charge in [-0.2, -0.15) is 57.1 Å². The average molecular weight is 446 g/mol. The Morgan fingerprint density at radius 1 is 0.786 bits per heavy atom.